The van der Waals surface area contributed by atoms with Crippen molar-refractivity contribution in [3.8, 4) is 28.0 Å². The highest BCUT2D eigenvalue weighted by molar-refractivity contribution is 6.09. The number of para-hydroxylation sites is 2. The molecule has 204 valence electrons. The number of aliphatic carboxylic acids is 1. The van der Waals surface area contributed by atoms with Gasteiger partial charge in [0.25, 0.3) is 0 Å². The van der Waals surface area contributed by atoms with Crippen molar-refractivity contribution < 1.29 is 28.6 Å². The van der Waals surface area contributed by atoms with Crippen LogP contribution in [0.5, 0.6) is 5.75 Å². The van der Waals surface area contributed by atoms with Crippen molar-refractivity contribution >= 4 is 34.0 Å². The maximum Gasteiger partial charge on any atom is 0.408 e. The van der Waals surface area contributed by atoms with Crippen molar-refractivity contribution in [2.24, 2.45) is 0 Å². The fraction of sp³-hybridized carbons (Fsp3) is 0.212. The standard InChI is InChI=1S/C33H31NO6/c1-33(2,3)40-32(37)34-28(31(35)36)17-18-38-24-12-7-10-22(20-24)21-9-6-11-23(19-21)25-14-8-15-27-26-13-4-5-16-29(26)39-30(25)27/h4-16,19-20,28H,17-18H2,1-3H3,(H,34,37)(H,35,36). The van der Waals surface area contributed by atoms with Crippen molar-refractivity contribution in [2.45, 2.75) is 38.8 Å². The van der Waals surface area contributed by atoms with Gasteiger partial charge in [-0.25, -0.2) is 9.59 Å². The van der Waals surface area contributed by atoms with E-state index < -0.39 is 23.7 Å². The first-order valence-electron chi connectivity index (χ1n) is 13.1. The van der Waals surface area contributed by atoms with Crippen LogP contribution in [-0.2, 0) is 9.53 Å². The first-order chi connectivity index (χ1) is 19.2. The zero-order valence-electron chi connectivity index (χ0n) is 22.6. The first-order valence-corrected chi connectivity index (χ1v) is 13.1. The lowest BCUT2D eigenvalue weighted by molar-refractivity contribution is -0.139. The Bertz CT molecular complexity index is 1680. The van der Waals surface area contributed by atoms with Gasteiger partial charge in [0.15, 0.2) is 0 Å². The number of hydrogen-bond acceptors (Lipinski definition) is 5. The molecule has 4 aromatic carbocycles. The molecule has 0 fully saturated rings. The number of amides is 1. The second-order valence-corrected chi connectivity index (χ2v) is 10.6. The monoisotopic (exact) mass is 537 g/mol. The lowest BCUT2D eigenvalue weighted by atomic mass is 9.97. The smallest absolute Gasteiger partial charge is 0.408 e. The molecule has 0 aliphatic heterocycles. The maximum absolute atomic E-state index is 12.0. The number of ether oxygens (including phenoxy) is 2. The van der Waals surface area contributed by atoms with Crippen LogP contribution in [0.15, 0.2) is 95.4 Å². The van der Waals surface area contributed by atoms with Crippen LogP contribution >= 0.6 is 0 Å². The van der Waals surface area contributed by atoms with Gasteiger partial charge in [0.1, 0.15) is 28.6 Å². The molecule has 0 aliphatic rings. The van der Waals surface area contributed by atoms with Crippen LogP contribution in [0.25, 0.3) is 44.2 Å². The lowest BCUT2D eigenvalue weighted by Gasteiger charge is -2.22. The van der Waals surface area contributed by atoms with Crippen LogP contribution in [0.3, 0.4) is 0 Å². The Kier molecular flexibility index (Phi) is 7.47. The van der Waals surface area contributed by atoms with E-state index in [2.05, 4.69) is 35.6 Å². The van der Waals surface area contributed by atoms with Crippen molar-refractivity contribution in [3.63, 3.8) is 0 Å². The molecule has 0 saturated heterocycles. The Morgan fingerprint density at radius 1 is 0.850 bits per heavy atom. The van der Waals surface area contributed by atoms with Gasteiger partial charge in [0.05, 0.1) is 6.61 Å². The van der Waals surface area contributed by atoms with E-state index in [4.69, 9.17) is 13.9 Å². The molecule has 5 rings (SSSR count). The van der Waals surface area contributed by atoms with Crippen LogP contribution in [0.2, 0.25) is 0 Å². The summed E-state index contributed by atoms with van der Waals surface area (Å²) in [5, 5.41) is 14.1. The number of fused-ring (bicyclic) bond motifs is 3. The third-order valence-electron chi connectivity index (χ3n) is 6.41. The molecule has 40 heavy (non-hydrogen) atoms. The molecular formula is C33H31NO6. The second kappa shape index (κ2) is 11.1. The molecule has 0 spiro atoms. The van der Waals surface area contributed by atoms with Gasteiger partial charge in [-0.2, -0.15) is 0 Å². The first kappa shape index (κ1) is 26.8. The Balaban J connectivity index is 1.31. The molecule has 5 aromatic rings. The summed E-state index contributed by atoms with van der Waals surface area (Å²) < 4.78 is 17.3. The average molecular weight is 538 g/mol. The van der Waals surface area contributed by atoms with E-state index in [1.807, 2.05) is 60.7 Å². The second-order valence-electron chi connectivity index (χ2n) is 10.6. The molecule has 1 amide bonds. The fourth-order valence-corrected chi connectivity index (χ4v) is 4.61. The molecule has 1 atom stereocenters. The fourth-order valence-electron chi connectivity index (χ4n) is 4.61. The predicted molar refractivity (Wildman–Crippen MR) is 155 cm³/mol. The minimum atomic E-state index is -1.15. The average Bonchev–Trinajstić information content (AvgIpc) is 3.31. The van der Waals surface area contributed by atoms with Crippen molar-refractivity contribution in [2.75, 3.05) is 6.61 Å². The molecule has 7 nitrogen and oxygen atoms in total. The quantitative estimate of drug-likeness (QED) is 0.211. The number of hydrogen-bond donors (Lipinski definition) is 2. The summed E-state index contributed by atoms with van der Waals surface area (Å²) in [6, 6.07) is 28.9. The SMILES string of the molecule is CC(C)(C)OC(=O)NC(CCOc1cccc(-c2cccc(-c3cccc4c3oc3ccccc34)c2)c1)C(=O)O. The largest absolute Gasteiger partial charge is 0.493 e. The Morgan fingerprint density at radius 2 is 1.52 bits per heavy atom. The number of benzene rings is 4. The summed E-state index contributed by atoms with van der Waals surface area (Å²) >= 11 is 0. The molecule has 1 heterocycles. The van der Waals surface area contributed by atoms with Crippen LogP contribution in [-0.4, -0.2) is 35.4 Å². The van der Waals surface area contributed by atoms with Crippen molar-refractivity contribution in [3.05, 3.63) is 91.0 Å². The van der Waals surface area contributed by atoms with E-state index in [1.165, 1.54) is 0 Å². The molecular weight excluding hydrogens is 506 g/mol. The van der Waals surface area contributed by atoms with E-state index >= 15 is 0 Å². The van der Waals surface area contributed by atoms with Gasteiger partial charge in [-0.05, 0) is 61.7 Å². The Morgan fingerprint density at radius 3 is 2.30 bits per heavy atom. The van der Waals surface area contributed by atoms with Crippen LogP contribution in [0.1, 0.15) is 27.2 Å². The zero-order chi connectivity index (χ0) is 28.3. The molecule has 0 aliphatic carbocycles. The molecule has 0 bridgehead atoms. The predicted octanol–water partition coefficient (Wildman–Crippen LogP) is 7.67. The van der Waals surface area contributed by atoms with Crippen LogP contribution in [0, 0.1) is 0 Å². The van der Waals surface area contributed by atoms with Gasteiger partial charge >= 0.3 is 12.1 Å². The lowest BCUT2D eigenvalue weighted by Crippen LogP contribution is -2.44. The zero-order valence-corrected chi connectivity index (χ0v) is 22.6. The summed E-state index contributed by atoms with van der Waals surface area (Å²) in [6.07, 6.45) is -0.699. The number of nitrogens with one attached hydrogen (secondary N) is 1. The number of carboxylic acid groups (broad SMARTS) is 1. The van der Waals surface area contributed by atoms with E-state index in [-0.39, 0.29) is 13.0 Å². The molecule has 2 N–H and O–H groups in total. The maximum atomic E-state index is 12.0. The number of furan rings is 1. The Labute approximate surface area is 232 Å². The number of carbonyl (C=O) groups excluding carboxylic acids is 1. The number of alkyl carbamates (subject to hydrolysis) is 1. The summed E-state index contributed by atoms with van der Waals surface area (Å²) in [4.78, 5) is 23.6. The molecule has 1 aromatic heterocycles. The summed E-state index contributed by atoms with van der Waals surface area (Å²) in [7, 11) is 0. The molecule has 7 heteroatoms. The molecule has 0 saturated carbocycles. The van der Waals surface area contributed by atoms with E-state index in [0.29, 0.717) is 5.75 Å². The van der Waals surface area contributed by atoms with Gasteiger partial charge in [0.2, 0.25) is 0 Å². The van der Waals surface area contributed by atoms with Gasteiger partial charge < -0.3 is 24.3 Å². The molecule has 0 radical (unpaired) electrons. The number of carbonyl (C=O) groups is 2. The highest BCUT2D eigenvalue weighted by Crippen LogP contribution is 2.37. The minimum Gasteiger partial charge on any atom is -0.493 e. The van der Waals surface area contributed by atoms with Crippen LogP contribution < -0.4 is 10.1 Å². The minimum absolute atomic E-state index is 0.0792. The summed E-state index contributed by atoms with van der Waals surface area (Å²) in [5.41, 5.74) is 5.00. The van der Waals surface area contributed by atoms with Crippen molar-refractivity contribution in [1.29, 1.82) is 0 Å². The van der Waals surface area contributed by atoms with Gasteiger partial charge in [-0.3, -0.25) is 0 Å². The van der Waals surface area contributed by atoms with Crippen LogP contribution in [0.4, 0.5) is 4.79 Å². The van der Waals surface area contributed by atoms with E-state index in [9.17, 15) is 14.7 Å². The normalized spacial score (nSPS) is 12.3. The number of carboxylic acids is 1. The van der Waals surface area contributed by atoms with Gasteiger partial charge in [-0.1, -0.05) is 66.7 Å². The molecule has 1 unspecified atom stereocenters. The highest BCUT2D eigenvalue weighted by Gasteiger charge is 2.24. The summed E-state index contributed by atoms with van der Waals surface area (Å²) in [5.74, 6) is -0.553. The Hall–Kier alpha value is -4.78. The van der Waals surface area contributed by atoms with Crippen molar-refractivity contribution in [1.82, 2.24) is 5.32 Å². The van der Waals surface area contributed by atoms with Gasteiger partial charge in [0, 0.05) is 22.8 Å². The summed E-state index contributed by atoms with van der Waals surface area (Å²) in [6.45, 7) is 5.25. The van der Waals surface area contributed by atoms with E-state index in [1.54, 1.807) is 20.8 Å². The highest BCUT2D eigenvalue weighted by atomic mass is 16.6. The van der Waals surface area contributed by atoms with E-state index in [0.717, 1.165) is 44.2 Å². The third kappa shape index (κ3) is 6.10. The topological polar surface area (TPSA) is 98.0 Å². The third-order valence-corrected chi connectivity index (χ3v) is 6.41. The number of rotatable bonds is 8. The van der Waals surface area contributed by atoms with Gasteiger partial charge in [-0.15, -0.1) is 0 Å².